The molecular formula is C23H30N6O. The summed E-state index contributed by atoms with van der Waals surface area (Å²) in [6, 6.07) is 4.28. The van der Waals surface area contributed by atoms with Crippen molar-refractivity contribution in [1.82, 2.24) is 25.0 Å². The third-order valence-electron chi connectivity index (χ3n) is 6.27. The van der Waals surface area contributed by atoms with Gasteiger partial charge in [-0.05, 0) is 44.9 Å². The molecule has 0 aliphatic carbocycles. The van der Waals surface area contributed by atoms with Crippen molar-refractivity contribution in [3.63, 3.8) is 0 Å². The minimum atomic E-state index is 0.120. The zero-order valence-corrected chi connectivity index (χ0v) is 17.6. The first-order valence-corrected chi connectivity index (χ1v) is 10.8. The van der Waals surface area contributed by atoms with Crippen molar-refractivity contribution in [3.8, 4) is 12.3 Å². The van der Waals surface area contributed by atoms with Crippen LogP contribution in [0.1, 0.15) is 42.9 Å². The summed E-state index contributed by atoms with van der Waals surface area (Å²) in [4.78, 5) is 21.8. The van der Waals surface area contributed by atoms with Crippen molar-refractivity contribution in [2.45, 2.75) is 38.3 Å². The van der Waals surface area contributed by atoms with Gasteiger partial charge in [-0.15, -0.1) is 6.42 Å². The van der Waals surface area contributed by atoms with E-state index < -0.39 is 0 Å². The first-order valence-electron chi connectivity index (χ1n) is 10.8. The van der Waals surface area contributed by atoms with Crippen LogP contribution in [0.4, 0.5) is 5.82 Å². The topological polar surface area (TPSA) is 66.3 Å². The number of pyridine rings is 1. The molecule has 2 aliphatic rings. The maximum absolute atomic E-state index is 13.1. The van der Waals surface area contributed by atoms with Crippen LogP contribution in [-0.2, 0) is 11.3 Å². The van der Waals surface area contributed by atoms with Gasteiger partial charge in [0.2, 0.25) is 5.91 Å². The Morgan fingerprint density at radius 3 is 2.57 bits per heavy atom. The summed E-state index contributed by atoms with van der Waals surface area (Å²) in [5, 5.41) is 7.67. The van der Waals surface area contributed by atoms with E-state index in [1.807, 2.05) is 25.4 Å². The monoisotopic (exact) mass is 406 g/mol. The molecule has 0 unspecified atom stereocenters. The molecule has 1 amide bonds. The lowest BCUT2D eigenvalue weighted by Crippen LogP contribution is -2.45. The first kappa shape index (κ1) is 20.4. The number of rotatable bonds is 5. The van der Waals surface area contributed by atoms with Gasteiger partial charge >= 0.3 is 0 Å². The summed E-state index contributed by atoms with van der Waals surface area (Å²) in [5.41, 5.74) is 1.99. The summed E-state index contributed by atoms with van der Waals surface area (Å²) in [5.74, 6) is 3.98. The fourth-order valence-corrected chi connectivity index (χ4v) is 4.50. The molecule has 2 aromatic rings. The van der Waals surface area contributed by atoms with Crippen molar-refractivity contribution in [2.24, 2.45) is 5.92 Å². The van der Waals surface area contributed by atoms with E-state index in [2.05, 4.69) is 42.0 Å². The first-order chi connectivity index (χ1) is 14.7. The lowest BCUT2D eigenvalue weighted by molar-refractivity contribution is -0.137. The summed E-state index contributed by atoms with van der Waals surface area (Å²) in [7, 11) is 1.94. The molecule has 0 aromatic carbocycles. The second-order valence-electron chi connectivity index (χ2n) is 8.23. The lowest BCUT2D eigenvalue weighted by atomic mass is 9.93. The van der Waals surface area contributed by atoms with Crippen LogP contribution >= 0.6 is 0 Å². The van der Waals surface area contributed by atoms with Gasteiger partial charge in [-0.3, -0.25) is 9.48 Å². The van der Waals surface area contributed by atoms with E-state index >= 15 is 0 Å². The molecule has 0 atom stereocenters. The number of hydrogen-bond donors (Lipinski definition) is 1. The molecule has 2 aliphatic heterocycles. The highest BCUT2D eigenvalue weighted by Crippen LogP contribution is 2.27. The second-order valence-corrected chi connectivity index (χ2v) is 8.23. The molecule has 0 radical (unpaired) electrons. The molecule has 0 bridgehead atoms. The zero-order valence-electron chi connectivity index (χ0n) is 17.6. The number of carbonyl (C=O) groups excluding carboxylic acids is 1. The van der Waals surface area contributed by atoms with E-state index in [-0.39, 0.29) is 5.92 Å². The molecule has 158 valence electrons. The molecular weight excluding hydrogens is 376 g/mol. The Morgan fingerprint density at radius 2 is 1.93 bits per heavy atom. The minimum Gasteiger partial charge on any atom is -0.357 e. The summed E-state index contributed by atoms with van der Waals surface area (Å²) < 4.78 is 2.07. The van der Waals surface area contributed by atoms with E-state index in [0.29, 0.717) is 11.9 Å². The number of hydrogen-bond acceptors (Lipinski definition) is 5. The highest BCUT2D eigenvalue weighted by molar-refractivity contribution is 5.79. The van der Waals surface area contributed by atoms with Crippen molar-refractivity contribution in [3.05, 3.63) is 41.9 Å². The van der Waals surface area contributed by atoms with Crippen molar-refractivity contribution < 1.29 is 4.79 Å². The number of carbonyl (C=O) groups is 1. The van der Waals surface area contributed by atoms with E-state index in [0.717, 1.165) is 69.8 Å². The van der Waals surface area contributed by atoms with Gasteiger partial charge in [-0.2, -0.15) is 5.10 Å². The summed E-state index contributed by atoms with van der Waals surface area (Å²) in [6.07, 6.45) is 14.9. The van der Waals surface area contributed by atoms with Crippen molar-refractivity contribution in [2.75, 3.05) is 38.1 Å². The Morgan fingerprint density at radius 1 is 1.17 bits per heavy atom. The van der Waals surface area contributed by atoms with Crippen LogP contribution in [0.2, 0.25) is 0 Å². The van der Waals surface area contributed by atoms with Gasteiger partial charge in [0.05, 0.1) is 12.2 Å². The van der Waals surface area contributed by atoms with Crippen LogP contribution < -0.4 is 10.2 Å². The number of piperidine rings is 2. The van der Waals surface area contributed by atoms with E-state index in [4.69, 9.17) is 6.42 Å². The normalized spacial score (nSPS) is 18.4. The molecule has 2 saturated heterocycles. The third kappa shape index (κ3) is 4.49. The molecule has 4 rings (SSSR count). The standard InChI is InChI=1S/C23H30N6O/c1-3-18-4-5-22(25-15-18)27-10-6-20(7-11-27)23(30)28-12-8-21(9-13-28)29-17-19(14-24-2)16-26-29/h1,4-5,15-17,20-21,24H,6-14H2,2H3. The molecule has 1 N–H and O–H groups in total. The zero-order chi connectivity index (χ0) is 20.9. The smallest absolute Gasteiger partial charge is 0.225 e. The lowest BCUT2D eigenvalue weighted by Gasteiger charge is -2.37. The van der Waals surface area contributed by atoms with Crippen LogP contribution in [-0.4, -0.2) is 58.8 Å². The maximum Gasteiger partial charge on any atom is 0.225 e. The molecule has 0 saturated carbocycles. The second kappa shape index (κ2) is 9.31. The fraction of sp³-hybridized carbons (Fsp3) is 0.522. The predicted molar refractivity (Wildman–Crippen MR) is 117 cm³/mol. The van der Waals surface area contributed by atoms with Gasteiger partial charge in [-0.1, -0.05) is 5.92 Å². The largest absolute Gasteiger partial charge is 0.357 e. The number of amides is 1. The van der Waals surface area contributed by atoms with Gasteiger partial charge in [0.1, 0.15) is 5.82 Å². The fourth-order valence-electron chi connectivity index (χ4n) is 4.50. The van der Waals surface area contributed by atoms with Gasteiger partial charge in [0.15, 0.2) is 0 Å². The van der Waals surface area contributed by atoms with Gasteiger partial charge in [0.25, 0.3) is 0 Å². The van der Waals surface area contributed by atoms with E-state index in [9.17, 15) is 4.79 Å². The Kier molecular flexibility index (Phi) is 6.34. The summed E-state index contributed by atoms with van der Waals surface area (Å²) in [6.45, 7) is 4.19. The Bertz CT molecular complexity index is 883. The molecule has 7 nitrogen and oxygen atoms in total. The molecule has 4 heterocycles. The molecule has 2 aromatic heterocycles. The van der Waals surface area contributed by atoms with Crippen molar-refractivity contribution in [1.29, 1.82) is 0 Å². The molecule has 2 fully saturated rings. The molecule has 30 heavy (non-hydrogen) atoms. The number of nitrogens with one attached hydrogen (secondary N) is 1. The number of terminal acetylenes is 1. The SMILES string of the molecule is C#Cc1ccc(N2CCC(C(=O)N3CCC(n4cc(CNC)cn4)CC3)CC2)nc1. The van der Waals surface area contributed by atoms with Crippen LogP contribution in [0, 0.1) is 18.3 Å². The molecule has 7 heteroatoms. The number of anilines is 1. The van der Waals surface area contributed by atoms with Gasteiger partial charge in [0, 0.05) is 62.2 Å². The van der Waals surface area contributed by atoms with Crippen LogP contribution in [0.25, 0.3) is 0 Å². The highest BCUT2D eigenvalue weighted by Gasteiger charge is 2.31. The van der Waals surface area contributed by atoms with E-state index in [1.165, 1.54) is 5.56 Å². The predicted octanol–water partition coefficient (Wildman–Crippen LogP) is 2.06. The Labute approximate surface area is 178 Å². The maximum atomic E-state index is 13.1. The van der Waals surface area contributed by atoms with Gasteiger partial charge in [-0.25, -0.2) is 4.98 Å². The number of nitrogens with zero attached hydrogens (tertiary/aromatic N) is 5. The average molecular weight is 407 g/mol. The quantitative estimate of drug-likeness (QED) is 0.770. The third-order valence-corrected chi connectivity index (χ3v) is 6.27. The average Bonchev–Trinajstić information content (AvgIpc) is 3.28. The van der Waals surface area contributed by atoms with Crippen molar-refractivity contribution >= 4 is 11.7 Å². The number of aromatic nitrogens is 3. The van der Waals surface area contributed by atoms with Crippen LogP contribution in [0.3, 0.4) is 0 Å². The Hall–Kier alpha value is -2.85. The van der Waals surface area contributed by atoms with E-state index in [1.54, 1.807) is 6.20 Å². The highest BCUT2D eigenvalue weighted by atomic mass is 16.2. The van der Waals surface area contributed by atoms with Gasteiger partial charge < -0.3 is 15.1 Å². The minimum absolute atomic E-state index is 0.120. The summed E-state index contributed by atoms with van der Waals surface area (Å²) >= 11 is 0. The molecule has 0 spiro atoms. The van der Waals surface area contributed by atoms with Crippen LogP contribution in [0.5, 0.6) is 0 Å². The number of likely N-dealkylation sites (tertiary alicyclic amines) is 1. The Balaban J connectivity index is 1.26. The van der Waals surface area contributed by atoms with Crippen LogP contribution in [0.15, 0.2) is 30.7 Å².